The summed E-state index contributed by atoms with van der Waals surface area (Å²) in [4.78, 5) is 12.2. The van der Waals surface area contributed by atoms with Gasteiger partial charge in [0.05, 0.1) is 17.8 Å². The van der Waals surface area contributed by atoms with Crippen LogP contribution in [0.1, 0.15) is 16.1 Å². The maximum absolute atomic E-state index is 13.1. The molecule has 1 amide bonds. The summed E-state index contributed by atoms with van der Waals surface area (Å²) in [6, 6.07) is 13.3. The van der Waals surface area contributed by atoms with Gasteiger partial charge in [-0.1, -0.05) is 29.8 Å². The minimum atomic E-state index is -0.492. The fourth-order valence-electron chi connectivity index (χ4n) is 2.30. The topological polar surface area (TPSA) is 67.0 Å². The van der Waals surface area contributed by atoms with Crippen LogP contribution >= 0.6 is 11.6 Å². The van der Waals surface area contributed by atoms with Crippen molar-refractivity contribution in [3.63, 3.8) is 0 Å². The first-order valence-corrected chi connectivity index (χ1v) is 7.86. The largest absolute Gasteiger partial charge is 0.497 e. The Kier molecular flexibility index (Phi) is 5.00. The van der Waals surface area contributed by atoms with Gasteiger partial charge < -0.3 is 10.1 Å². The van der Waals surface area contributed by atoms with Crippen LogP contribution in [0.25, 0.3) is 11.3 Å². The van der Waals surface area contributed by atoms with Crippen molar-refractivity contribution < 1.29 is 13.9 Å². The van der Waals surface area contributed by atoms with E-state index in [1.807, 2.05) is 24.3 Å². The summed E-state index contributed by atoms with van der Waals surface area (Å²) in [5.41, 5.74) is 2.49. The zero-order valence-corrected chi connectivity index (χ0v) is 14.1. The number of H-pyrrole nitrogens is 1. The van der Waals surface area contributed by atoms with Gasteiger partial charge in [0.1, 0.15) is 17.3 Å². The number of benzene rings is 2. The Balaban J connectivity index is 1.68. The van der Waals surface area contributed by atoms with Gasteiger partial charge in [-0.2, -0.15) is 5.10 Å². The van der Waals surface area contributed by atoms with Gasteiger partial charge in [0.15, 0.2) is 0 Å². The molecule has 0 saturated heterocycles. The minimum absolute atomic E-state index is 0.0219. The number of carbonyl (C=O) groups excluding carboxylic acids is 1. The molecule has 1 heterocycles. The van der Waals surface area contributed by atoms with E-state index in [0.717, 1.165) is 5.56 Å². The van der Waals surface area contributed by atoms with Gasteiger partial charge >= 0.3 is 0 Å². The maximum Gasteiger partial charge on any atom is 0.269 e. The number of methoxy groups -OCH3 is 1. The number of carbonyl (C=O) groups is 1. The Morgan fingerprint density at radius 3 is 2.88 bits per heavy atom. The summed E-state index contributed by atoms with van der Waals surface area (Å²) < 4.78 is 18.3. The van der Waals surface area contributed by atoms with Gasteiger partial charge in [0, 0.05) is 12.1 Å². The summed E-state index contributed by atoms with van der Waals surface area (Å²) in [6.07, 6.45) is 0. The number of rotatable bonds is 5. The van der Waals surface area contributed by atoms with Crippen molar-refractivity contribution in [2.75, 3.05) is 7.11 Å². The van der Waals surface area contributed by atoms with E-state index in [1.165, 1.54) is 12.1 Å². The first-order valence-electron chi connectivity index (χ1n) is 7.49. The van der Waals surface area contributed by atoms with E-state index in [0.29, 0.717) is 22.7 Å². The molecule has 0 atom stereocenters. The normalized spacial score (nSPS) is 10.5. The Hall–Kier alpha value is -2.86. The second kappa shape index (κ2) is 7.36. The van der Waals surface area contributed by atoms with Crippen molar-refractivity contribution in [1.29, 1.82) is 0 Å². The van der Waals surface area contributed by atoms with Crippen molar-refractivity contribution in [2.24, 2.45) is 0 Å². The highest BCUT2D eigenvalue weighted by molar-refractivity contribution is 6.30. The van der Waals surface area contributed by atoms with Crippen LogP contribution in [-0.4, -0.2) is 23.2 Å². The van der Waals surface area contributed by atoms with Crippen LogP contribution in [0.4, 0.5) is 4.39 Å². The predicted octanol–water partition coefficient (Wildman–Crippen LogP) is 3.81. The van der Waals surface area contributed by atoms with Crippen LogP contribution in [0, 0.1) is 5.82 Å². The molecule has 0 aliphatic carbocycles. The third-order valence-electron chi connectivity index (χ3n) is 3.63. The van der Waals surface area contributed by atoms with Gasteiger partial charge in [-0.3, -0.25) is 9.89 Å². The molecule has 25 heavy (non-hydrogen) atoms. The number of halogens is 2. The molecule has 0 unspecified atom stereocenters. The van der Waals surface area contributed by atoms with E-state index >= 15 is 0 Å². The molecule has 7 heteroatoms. The molecule has 1 aromatic heterocycles. The molecule has 0 saturated carbocycles. The highest BCUT2D eigenvalue weighted by atomic mass is 35.5. The van der Waals surface area contributed by atoms with E-state index < -0.39 is 5.82 Å². The molecule has 3 aromatic rings. The van der Waals surface area contributed by atoms with Crippen molar-refractivity contribution in [3.8, 4) is 17.0 Å². The molecule has 0 bridgehead atoms. The highest BCUT2D eigenvalue weighted by Gasteiger charge is 2.11. The Labute approximate surface area is 148 Å². The quantitative estimate of drug-likeness (QED) is 0.728. The second-order valence-corrected chi connectivity index (χ2v) is 5.74. The molecule has 2 aromatic carbocycles. The van der Waals surface area contributed by atoms with E-state index in [9.17, 15) is 9.18 Å². The fraction of sp³-hybridized carbons (Fsp3) is 0.111. The molecule has 0 spiro atoms. The number of ether oxygens (including phenoxy) is 1. The van der Waals surface area contributed by atoms with Crippen LogP contribution in [0.5, 0.6) is 5.75 Å². The lowest BCUT2D eigenvalue weighted by atomic mass is 10.1. The molecular formula is C18H15ClFN3O2. The third-order valence-corrected chi connectivity index (χ3v) is 3.91. The second-order valence-electron chi connectivity index (χ2n) is 5.33. The van der Waals surface area contributed by atoms with E-state index in [-0.39, 0.29) is 17.5 Å². The summed E-state index contributed by atoms with van der Waals surface area (Å²) >= 11 is 5.73. The van der Waals surface area contributed by atoms with Gasteiger partial charge in [0.2, 0.25) is 0 Å². The highest BCUT2D eigenvalue weighted by Crippen LogP contribution is 2.22. The molecule has 5 nitrogen and oxygen atoms in total. The number of nitrogens with one attached hydrogen (secondary N) is 2. The van der Waals surface area contributed by atoms with E-state index in [1.54, 1.807) is 19.2 Å². The Morgan fingerprint density at radius 1 is 1.28 bits per heavy atom. The number of aromatic nitrogens is 2. The fourth-order valence-corrected chi connectivity index (χ4v) is 2.50. The van der Waals surface area contributed by atoms with Gasteiger partial charge in [-0.25, -0.2) is 4.39 Å². The monoisotopic (exact) mass is 359 g/mol. The molecule has 128 valence electrons. The first-order chi connectivity index (χ1) is 12.1. The predicted molar refractivity (Wildman–Crippen MR) is 93.2 cm³/mol. The lowest BCUT2D eigenvalue weighted by Gasteiger charge is -2.04. The van der Waals surface area contributed by atoms with Gasteiger partial charge in [-0.15, -0.1) is 0 Å². The lowest BCUT2D eigenvalue weighted by Crippen LogP contribution is -2.23. The van der Waals surface area contributed by atoms with Gasteiger partial charge in [-0.05, 0) is 35.9 Å². The van der Waals surface area contributed by atoms with E-state index in [4.69, 9.17) is 16.3 Å². The van der Waals surface area contributed by atoms with Crippen LogP contribution in [0.3, 0.4) is 0 Å². The van der Waals surface area contributed by atoms with Crippen molar-refractivity contribution in [2.45, 2.75) is 6.54 Å². The van der Waals surface area contributed by atoms with Crippen molar-refractivity contribution in [1.82, 2.24) is 15.5 Å². The van der Waals surface area contributed by atoms with E-state index in [2.05, 4.69) is 15.5 Å². The zero-order chi connectivity index (χ0) is 17.8. The molecule has 0 radical (unpaired) electrons. The smallest absolute Gasteiger partial charge is 0.269 e. The number of hydrogen-bond acceptors (Lipinski definition) is 3. The zero-order valence-electron chi connectivity index (χ0n) is 13.3. The Bertz CT molecular complexity index is 911. The lowest BCUT2D eigenvalue weighted by molar-refractivity contribution is 0.0946. The van der Waals surface area contributed by atoms with Crippen molar-refractivity contribution in [3.05, 3.63) is 70.6 Å². The van der Waals surface area contributed by atoms with Crippen LogP contribution < -0.4 is 10.1 Å². The van der Waals surface area contributed by atoms with Crippen LogP contribution in [-0.2, 0) is 6.54 Å². The standard InChI is InChI=1S/C18H15ClFN3O2/c1-25-13-4-2-3-12(8-13)16-9-17(23-22-16)18(24)21-10-11-5-6-15(20)14(19)7-11/h2-9H,10H2,1H3,(H,21,24)(H,22,23). The van der Waals surface area contributed by atoms with Gasteiger partial charge in [0.25, 0.3) is 5.91 Å². The summed E-state index contributed by atoms with van der Waals surface area (Å²) in [6.45, 7) is 0.229. The third kappa shape index (κ3) is 3.97. The van der Waals surface area contributed by atoms with Crippen molar-refractivity contribution >= 4 is 17.5 Å². The van der Waals surface area contributed by atoms with Crippen LogP contribution in [0.2, 0.25) is 5.02 Å². The molecule has 2 N–H and O–H groups in total. The average Bonchev–Trinajstić information content (AvgIpc) is 3.13. The minimum Gasteiger partial charge on any atom is -0.497 e. The molecular weight excluding hydrogens is 345 g/mol. The maximum atomic E-state index is 13.1. The Morgan fingerprint density at radius 2 is 2.12 bits per heavy atom. The molecule has 0 aliphatic heterocycles. The van der Waals surface area contributed by atoms with Crippen LogP contribution in [0.15, 0.2) is 48.5 Å². The number of aromatic amines is 1. The number of amides is 1. The summed E-state index contributed by atoms with van der Waals surface area (Å²) in [5, 5.41) is 9.62. The molecule has 0 fully saturated rings. The number of nitrogens with zero attached hydrogens (tertiary/aromatic N) is 1. The summed E-state index contributed by atoms with van der Waals surface area (Å²) in [5.74, 6) is -0.102. The molecule has 3 rings (SSSR count). The molecule has 0 aliphatic rings. The summed E-state index contributed by atoms with van der Waals surface area (Å²) in [7, 11) is 1.59. The SMILES string of the molecule is COc1cccc(-c2cc(C(=O)NCc3ccc(F)c(Cl)c3)[nH]n2)c1. The first kappa shape index (κ1) is 17.0. The number of hydrogen-bond donors (Lipinski definition) is 2. The average molecular weight is 360 g/mol.